The summed E-state index contributed by atoms with van der Waals surface area (Å²) in [4.78, 5) is 2.49. The van der Waals surface area contributed by atoms with Gasteiger partial charge in [-0.15, -0.1) is 0 Å². The highest BCUT2D eigenvalue weighted by Gasteiger charge is 2.30. The van der Waals surface area contributed by atoms with Crippen molar-refractivity contribution in [3.63, 3.8) is 0 Å². The first-order valence-electron chi connectivity index (χ1n) is 10.3. The third-order valence-corrected chi connectivity index (χ3v) is 7.61. The van der Waals surface area contributed by atoms with Crippen molar-refractivity contribution in [3.05, 3.63) is 41.5 Å². The van der Waals surface area contributed by atoms with Crippen LogP contribution >= 0.6 is 0 Å². The lowest BCUT2D eigenvalue weighted by atomic mass is 10.1. The number of aryl methyl sites for hydroxylation is 1. The van der Waals surface area contributed by atoms with E-state index >= 15 is 0 Å². The lowest BCUT2D eigenvalue weighted by Crippen LogP contribution is -2.48. The van der Waals surface area contributed by atoms with Gasteiger partial charge in [-0.3, -0.25) is 4.90 Å². The summed E-state index contributed by atoms with van der Waals surface area (Å²) in [5.74, 6) is 2.47. The molecule has 4 rings (SSSR count). The summed E-state index contributed by atoms with van der Waals surface area (Å²) in [5, 5.41) is 0. The molecule has 1 fully saturated rings. The highest BCUT2D eigenvalue weighted by Crippen LogP contribution is 2.34. The number of fused-ring (bicyclic) bond motifs is 1. The van der Waals surface area contributed by atoms with Crippen LogP contribution in [0.2, 0.25) is 0 Å². The Bertz CT molecular complexity index is 1050. The normalized spacial score (nSPS) is 17.4. The number of methoxy groups -OCH3 is 2. The SMILES string of the molecule is COc1cc(C)c(CN2CCN(S(=O)(=O)c3ccc4c(c3)OCCO4)CC2)cc1OC. The van der Waals surface area contributed by atoms with E-state index < -0.39 is 10.0 Å². The largest absolute Gasteiger partial charge is 0.493 e. The smallest absolute Gasteiger partial charge is 0.243 e. The Morgan fingerprint density at radius 2 is 1.55 bits per heavy atom. The average molecular weight is 449 g/mol. The van der Waals surface area contributed by atoms with Crippen molar-refractivity contribution in [2.75, 3.05) is 53.6 Å². The van der Waals surface area contributed by atoms with E-state index in [9.17, 15) is 8.42 Å². The minimum absolute atomic E-state index is 0.237. The van der Waals surface area contributed by atoms with Crippen molar-refractivity contribution >= 4 is 10.0 Å². The quantitative estimate of drug-likeness (QED) is 0.671. The monoisotopic (exact) mass is 448 g/mol. The highest BCUT2D eigenvalue weighted by atomic mass is 32.2. The molecule has 0 radical (unpaired) electrons. The number of benzene rings is 2. The molecule has 0 spiro atoms. The molecule has 0 amide bonds. The zero-order valence-electron chi connectivity index (χ0n) is 18.1. The molecule has 0 aliphatic carbocycles. The Balaban J connectivity index is 1.43. The van der Waals surface area contributed by atoms with Crippen LogP contribution in [0, 0.1) is 6.92 Å². The van der Waals surface area contributed by atoms with Crippen LogP contribution < -0.4 is 18.9 Å². The fraction of sp³-hybridized carbons (Fsp3) is 0.455. The molecule has 1 saturated heterocycles. The average Bonchev–Trinajstić information content (AvgIpc) is 2.80. The lowest BCUT2D eigenvalue weighted by Gasteiger charge is -2.34. The third kappa shape index (κ3) is 4.44. The molecule has 2 aliphatic heterocycles. The molecule has 2 heterocycles. The second-order valence-electron chi connectivity index (χ2n) is 7.62. The zero-order chi connectivity index (χ0) is 22.0. The number of sulfonamides is 1. The summed E-state index contributed by atoms with van der Waals surface area (Å²) in [6.07, 6.45) is 0. The standard InChI is InChI=1S/C22H28N2O6S/c1-16-12-20(27-2)21(28-3)13-17(16)15-23-6-8-24(9-7-23)31(25,26)18-4-5-19-22(14-18)30-11-10-29-19/h4-5,12-14H,6-11,15H2,1-3H3. The molecule has 0 unspecified atom stereocenters. The van der Waals surface area contributed by atoms with E-state index in [-0.39, 0.29) is 4.90 Å². The minimum atomic E-state index is -3.59. The van der Waals surface area contributed by atoms with Crippen LogP contribution in [0.25, 0.3) is 0 Å². The van der Waals surface area contributed by atoms with Gasteiger partial charge >= 0.3 is 0 Å². The number of piperazine rings is 1. The molecule has 2 aromatic carbocycles. The molecule has 8 nitrogen and oxygen atoms in total. The van der Waals surface area contributed by atoms with Crippen LogP contribution in [0.5, 0.6) is 23.0 Å². The van der Waals surface area contributed by atoms with Gasteiger partial charge in [0.25, 0.3) is 0 Å². The van der Waals surface area contributed by atoms with Gasteiger partial charge in [-0.2, -0.15) is 4.31 Å². The summed E-state index contributed by atoms with van der Waals surface area (Å²) in [5.41, 5.74) is 2.25. The predicted molar refractivity (Wildman–Crippen MR) is 116 cm³/mol. The maximum Gasteiger partial charge on any atom is 0.243 e. The van der Waals surface area contributed by atoms with Crippen molar-refractivity contribution in [2.24, 2.45) is 0 Å². The Kier molecular flexibility index (Phi) is 6.27. The van der Waals surface area contributed by atoms with Gasteiger partial charge in [0.15, 0.2) is 23.0 Å². The first kappa shape index (κ1) is 21.7. The van der Waals surface area contributed by atoms with Crippen molar-refractivity contribution in [2.45, 2.75) is 18.4 Å². The highest BCUT2D eigenvalue weighted by molar-refractivity contribution is 7.89. The first-order valence-corrected chi connectivity index (χ1v) is 11.7. The second-order valence-corrected chi connectivity index (χ2v) is 9.56. The second kappa shape index (κ2) is 8.94. The van der Waals surface area contributed by atoms with E-state index in [1.54, 1.807) is 32.4 Å². The topological polar surface area (TPSA) is 77.5 Å². The van der Waals surface area contributed by atoms with Gasteiger partial charge in [0.1, 0.15) is 13.2 Å². The molecule has 168 valence electrons. The molecule has 2 aromatic rings. The van der Waals surface area contributed by atoms with E-state index in [2.05, 4.69) is 4.90 Å². The van der Waals surface area contributed by atoms with Gasteiger partial charge in [-0.05, 0) is 42.3 Å². The van der Waals surface area contributed by atoms with Crippen molar-refractivity contribution in [1.82, 2.24) is 9.21 Å². The van der Waals surface area contributed by atoms with E-state index in [0.29, 0.717) is 62.4 Å². The van der Waals surface area contributed by atoms with Crippen LogP contribution in [-0.4, -0.2) is 71.2 Å². The summed E-state index contributed by atoms with van der Waals surface area (Å²) < 4.78 is 49.6. The summed E-state index contributed by atoms with van der Waals surface area (Å²) in [6.45, 7) is 5.83. The molecule has 0 saturated carbocycles. The van der Waals surface area contributed by atoms with Gasteiger partial charge in [0.2, 0.25) is 10.0 Å². The van der Waals surface area contributed by atoms with Crippen molar-refractivity contribution in [1.29, 1.82) is 0 Å². The molecular formula is C22H28N2O6S. The summed E-state index contributed by atoms with van der Waals surface area (Å²) in [7, 11) is -0.338. The van der Waals surface area contributed by atoms with Crippen LogP contribution in [0.4, 0.5) is 0 Å². The predicted octanol–water partition coefficient (Wildman–Crippen LogP) is 2.29. The molecular weight excluding hydrogens is 420 g/mol. The van der Waals surface area contributed by atoms with Gasteiger partial charge < -0.3 is 18.9 Å². The third-order valence-electron chi connectivity index (χ3n) is 5.72. The van der Waals surface area contributed by atoms with E-state index in [1.165, 1.54) is 4.31 Å². The van der Waals surface area contributed by atoms with Gasteiger partial charge in [-0.1, -0.05) is 0 Å². The Morgan fingerprint density at radius 1 is 0.903 bits per heavy atom. The fourth-order valence-electron chi connectivity index (χ4n) is 3.90. The van der Waals surface area contributed by atoms with Crippen LogP contribution in [0.3, 0.4) is 0 Å². The summed E-state index contributed by atoms with van der Waals surface area (Å²) >= 11 is 0. The number of rotatable bonds is 6. The Morgan fingerprint density at radius 3 is 2.23 bits per heavy atom. The number of hydrogen-bond acceptors (Lipinski definition) is 7. The first-order chi connectivity index (χ1) is 14.9. The number of hydrogen-bond donors (Lipinski definition) is 0. The summed E-state index contributed by atoms with van der Waals surface area (Å²) in [6, 6.07) is 8.77. The molecule has 0 aromatic heterocycles. The van der Waals surface area contributed by atoms with Crippen LogP contribution in [-0.2, 0) is 16.6 Å². The van der Waals surface area contributed by atoms with Crippen molar-refractivity contribution in [3.8, 4) is 23.0 Å². The molecule has 0 N–H and O–H groups in total. The zero-order valence-corrected chi connectivity index (χ0v) is 18.9. The van der Waals surface area contributed by atoms with Gasteiger partial charge in [-0.25, -0.2) is 8.42 Å². The van der Waals surface area contributed by atoms with Crippen LogP contribution in [0.15, 0.2) is 35.2 Å². The molecule has 31 heavy (non-hydrogen) atoms. The molecule has 0 atom stereocenters. The van der Waals surface area contributed by atoms with Crippen LogP contribution in [0.1, 0.15) is 11.1 Å². The number of nitrogens with zero attached hydrogens (tertiary/aromatic N) is 2. The lowest BCUT2D eigenvalue weighted by molar-refractivity contribution is 0.170. The molecule has 0 bridgehead atoms. The fourth-order valence-corrected chi connectivity index (χ4v) is 5.33. The van der Waals surface area contributed by atoms with Gasteiger partial charge in [0, 0.05) is 38.8 Å². The Labute approximate surface area is 183 Å². The molecule has 9 heteroatoms. The van der Waals surface area contributed by atoms with E-state index in [4.69, 9.17) is 18.9 Å². The Hall–Kier alpha value is -2.49. The van der Waals surface area contributed by atoms with Gasteiger partial charge in [0.05, 0.1) is 19.1 Å². The maximum absolute atomic E-state index is 13.1. The maximum atomic E-state index is 13.1. The van der Waals surface area contributed by atoms with E-state index in [1.807, 2.05) is 19.1 Å². The minimum Gasteiger partial charge on any atom is -0.493 e. The van der Waals surface area contributed by atoms with Crippen molar-refractivity contribution < 1.29 is 27.4 Å². The van der Waals surface area contributed by atoms with E-state index in [0.717, 1.165) is 17.7 Å². The molecule has 2 aliphatic rings. The number of ether oxygens (including phenoxy) is 4.